The maximum atomic E-state index is 12.2. The predicted octanol–water partition coefficient (Wildman–Crippen LogP) is 12.2. The number of carboxylic acids is 1. The van der Waals surface area contributed by atoms with Crippen molar-refractivity contribution in [3.8, 4) is 34.7 Å². The molecule has 84 heavy (non-hydrogen) atoms. The fourth-order valence-electron chi connectivity index (χ4n) is 11.1. The van der Waals surface area contributed by atoms with Crippen molar-refractivity contribution in [3.63, 3.8) is 0 Å². The summed E-state index contributed by atoms with van der Waals surface area (Å²) < 4.78 is 47.6. The minimum Gasteiger partial charge on any atom is -0.481 e. The third kappa shape index (κ3) is 22.4. The number of carbonyl (C=O) groups excluding carboxylic acids is 2. The molecular formula is C62H81Cl2F3N10O7. The third-order valence-corrected chi connectivity index (χ3v) is 16.3. The molecule has 2 aliphatic heterocycles. The van der Waals surface area contributed by atoms with E-state index < -0.39 is 34.9 Å². The molecule has 22 heteroatoms. The number of aromatic nitrogens is 4. The highest BCUT2D eigenvalue weighted by Gasteiger charge is 2.34. The molecule has 456 valence electrons. The van der Waals surface area contributed by atoms with Crippen molar-refractivity contribution in [1.29, 1.82) is 10.5 Å². The van der Waals surface area contributed by atoms with Crippen LogP contribution in [0.25, 0.3) is 22.5 Å². The number of rotatable bonds is 20. The number of ether oxygens (including phenoxy) is 3. The van der Waals surface area contributed by atoms with E-state index in [1.807, 2.05) is 70.2 Å². The van der Waals surface area contributed by atoms with Crippen LogP contribution in [0.4, 0.5) is 24.8 Å². The quantitative estimate of drug-likeness (QED) is 0.0408. The summed E-state index contributed by atoms with van der Waals surface area (Å²) in [5, 5.41) is 43.4. The van der Waals surface area contributed by atoms with Crippen molar-refractivity contribution in [2.45, 2.75) is 173 Å². The van der Waals surface area contributed by atoms with Crippen LogP contribution in [0.1, 0.15) is 136 Å². The monoisotopic (exact) mass is 1200 g/mol. The normalized spacial score (nSPS) is 21.0. The van der Waals surface area contributed by atoms with Gasteiger partial charge in [0.2, 0.25) is 6.29 Å². The largest absolute Gasteiger partial charge is 0.481 e. The van der Waals surface area contributed by atoms with Crippen molar-refractivity contribution in [1.82, 2.24) is 30.6 Å². The molecule has 17 nitrogen and oxygen atoms in total. The van der Waals surface area contributed by atoms with Crippen LogP contribution in [0.2, 0.25) is 10.0 Å². The number of halogens is 5. The Morgan fingerprint density at radius 2 is 1.11 bits per heavy atom. The molecule has 4 aromatic rings. The lowest BCUT2D eigenvalue weighted by Gasteiger charge is -2.31. The fraction of sp³-hybridized carbons (Fsp3) is 0.597. The Bertz CT molecular complexity index is 2850. The molecular weight excluding hydrogens is 1120 g/mol. The zero-order valence-electron chi connectivity index (χ0n) is 48.8. The minimum atomic E-state index is -4.64. The van der Waals surface area contributed by atoms with Crippen LogP contribution in [0.15, 0.2) is 60.9 Å². The predicted molar refractivity (Wildman–Crippen MR) is 317 cm³/mol. The molecule has 2 saturated carbocycles. The molecule has 5 N–H and O–H groups in total. The van der Waals surface area contributed by atoms with Gasteiger partial charge in [-0.3, -0.25) is 24.4 Å². The summed E-state index contributed by atoms with van der Waals surface area (Å²) in [6.45, 7) is 13.2. The first-order valence-corrected chi connectivity index (χ1v) is 29.9. The molecule has 4 aliphatic rings. The van der Waals surface area contributed by atoms with E-state index in [9.17, 15) is 33.3 Å². The number of hydrogen-bond donors (Lipinski definition) is 5. The number of carboxylic acid groups (broad SMARTS) is 1. The lowest BCUT2D eigenvalue weighted by molar-refractivity contribution is -0.156. The minimum absolute atomic E-state index is 0.0144. The first kappa shape index (κ1) is 67.1. The molecule has 4 fully saturated rings. The number of alkyl halides is 3. The maximum absolute atomic E-state index is 12.2. The van der Waals surface area contributed by atoms with Crippen molar-refractivity contribution in [2.24, 2.45) is 22.7 Å². The first-order valence-electron chi connectivity index (χ1n) is 29.1. The van der Waals surface area contributed by atoms with Gasteiger partial charge in [0.15, 0.2) is 0 Å². The van der Waals surface area contributed by atoms with Crippen LogP contribution < -0.4 is 21.3 Å². The molecule has 8 rings (SSSR count). The van der Waals surface area contributed by atoms with Crippen LogP contribution in [0.5, 0.6) is 0 Å². The van der Waals surface area contributed by atoms with Crippen LogP contribution in [0.3, 0.4) is 0 Å². The maximum Gasteiger partial charge on any atom is 0.446 e. The van der Waals surface area contributed by atoms with E-state index in [4.69, 9.17) is 57.3 Å². The number of aldehydes is 1. The number of nitrogens with zero attached hydrogens (tertiary/aromatic N) is 6. The number of esters is 1. The van der Waals surface area contributed by atoms with E-state index in [0.29, 0.717) is 79.9 Å². The Morgan fingerprint density at radius 3 is 1.46 bits per heavy atom. The van der Waals surface area contributed by atoms with E-state index in [-0.39, 0.29) is 24.5 Å². The summed E-state index contributed by atoms with van der Waals surface area (Å²) >= 11 is 13.1. The van der Waals surface area contributed by atoms with Gasteiger partial charge in [0.1, 0.15) is 17.2 Å². The van der Waals surface area contributed by atoms with E-state index >= 15 is 0 Å². The highest BCUT2D eigenvalue weighted by Crippen LogP contribution is 2.36. The summed E-state index contributed by atoms with van der Waals surface area (Å²) in [6.07, 6.45) is 11.6. The standard InChI is InChI=1S/C32H44ClN5O3.C28H36ClN5O3.C2HF3O/c1-22(16-30(39)41-31(2,3)4)37-24-10-8-23(9-11-24)17-25-18-26(27(33)19-35-25)28-6-5-7-29(38-28)36-21-32(20-34)12-14-40-15-13-32;1-19(13-27(35)36)33-21-7-5-20(6-8-21)14-22-15-23(24(29)16-31-22)25-3-2-4-26(34-25)32-18-28(17-30)9-11-37-12-10-28;3-2(4,5)1-6/h5-7,18-19,22-24,37H,8-17,21H2,1-4H3,(H,36,38);2-4,15-16,19-21,33H,5-14,18H2,1H3,(H,32,34)(H,35,36);1H/t22-,23?,24?;19-,20?,21?;/m00./s1. The van der Waals surface area contributed by atoms with Crippen LogP contribution in [-0.4, -0.2) is 119 Å². The SMILES string of the molecule is C[C@@H](CC(=O)O)NC1CCC(Cc2cc(-c3cccc(NCC4(C#N)CCOCC4)n3)c(Cl)cn2)CC1.C[C@@H](CC(=O)OC(C)(C)C)NC1CCC(Cc2cc(-c3cccc(NCC4(C#N)CCOCC4)n3)c(Cl)cn2)CC1.O=CC(F)(F)F. The molecule has 2 atom stereocenters. The Hall–Kier alpha value is -6.00. The van der Waals surface area contributed by atoms with Crippen LogP contribution in [-0.2, 0) is 41.4 Å². The van der Waals surface area contributed by atoms with E-state index in [0.717, 1.165) is 135 Å². The molecule has 4 aromatic heterocycles. The second kappa shape index (κ2) is 31.9. The molecule has 2 aliphatic carbocycles. The average molecular weight is 1210 g/mol. The van der Waals surface area contributed by atoms with Gasteiger partial charge in [0, 0.05) is 98.6 Å². The van der Waals surface area contributed by atoms with Gasteiger partial charge in [-0.25, -0.2) is 9.97 Å². The number of carbonyl (C=O) groups is 3. The Kier molecular flexibility index (Phi) is 25.5. The van der Waals surface area contributed by atoms with E-state index in [1.54, 1.807) is 12.4 Å². The van der Waals surface area contributed by atoms with Gasteiger partial charge >= 0.3 is 18.1 Å². The highest BCUT2D eigenvalue weighted by molar-refractivity contribution is 6.33. The first-order chi connectivity index (χ1) is 40.0. The molecule has 2 saturated heterocycles. The molecule has 0 unspecified atom stereocenters. The van der Waals surface area contributed by atoms with Gasteiger partial charge in [0.25, 0.3) is 0 Å². The molecule has 0 bridgehead atoms. The number of aliphatic carboxylic acids is 1. The Balaban J connectivity index is 0.000000246. The summed E-state index contributed by atoms with van der Waals surface area (Å²) in [5.41, 5.74) is 3.99. The highest BCUT2D eigenvalue weighted by atomic mass is 35.5. The van der Waals surface area contributed by atoms with Gasteiger partial charge < -0.3 is 40.6 Å². The van der Waals surface area contributed by atoms with Crippen molar-refractivity contribution < 1.29 is 46.9 Å². The molecule has 0 aromatic carbocycles. The number of hydrogen-bond acceptors (Lipinski definition) is 16. The zero-order valence-corrected chi connectivity index (χ0v) is 50.4. The molecule has 6 heterocycles. The van der Waals surface area contributed by atoms with Gasteiger partial charge in [-0.1, -0.05) is 35.3 Å². The summed E-state index contributed by atoms with van der Waals surface area (Å²) in [7, 11) is 0. The van der Waals surface area contributed by atoms with Gasteiger partial charge in [-0.2, -0.15) is 23.7 Å². The number of pyridine rings is 4. The van der Waals surface area contributed by atoms with E-state index in [2.05, 4.69) is 56.4 Å². The molecule has 0 radical (unpaired) electrons. The van der Waals surface area contributed by atoms with Crippen LogP contribution >= 0.6 is 23.2 Å². The third-order valence-electron chi connectivity index (χ3n) is 15.7. The van der Waals surface area contributed by atoms with Gasteiger partial charge in [-0.15, -0.1) is 0 Å². The zero-order chi connectivity index (χ0) is 60.9. The van der Waals surface area contributed by atoms with Crippen molar-refractivity contribution in [3.05, 3.63) is 82.4 Å². The average Bonchev–Trinajstić information content (AvgIpc) is 3.66. The van der Waals surface area contributed by atoms with Gasteiger partial charge in [-0.05, 0) is 173 Å². The molecule has 0 spiro atoms. The number of nitriles is 2. The second-order valence-corrected chi connectivity index (χ2v) is 24.7. The fourth-order valence-corrected chi connectivity index (χ4v) is 11.5. The lowest BCUT2D eigenvalue weighted by Crippen LogP contribution is -2.41. The summed E-state index contributed by atoms with van der Waals surface area (Å²) in [4.78, 5) is 50.6. The lowest BCUT2D eigenvalue weighted by atomic mass is 9.82. The second-order valence-electron chi connectivity index (χ2n) is 23.9. The van der Waals surface area contributed by atoms with E-state index in [1.165, 1.54) is 0 Å². The molecule has 0 amide bonds. The van der Waals surface area contributed by atoms with Gasteiger partial charge in [0.05, 0.1) is 57.2 Å². The Labute approximate surface area is 502 Å². The smallest absolute Gasteiger partial charge is 0.446 e. The van der Waals surface area contributed by atoms with Crippen LogP contribution in [0, 0.1) is 45.3 Å². The summed E-state index contributed by atoms with van der Waals surface area (Å²) in [5.74, 6) is 1.62. The number of anilines is 2. The number of nitrogens with one attached hydrogen (secondary N) is 4. The summed E-state index contributed by atoms with van der Waals surface area (Å²) in [6, 6.07) is 21.6. The topological polar surface area (TPSA) is 246 Å². The van der Waals surface area contributed by atoms with Crippen molar-refractivity contribution >= 4 is 53.1 Å². The van der Waals surface area contributed by atoms with Crippen molar-refractivity contribution in [2.75, 3.05) is 50.2 Å². The Morgan fingerprint density at radius 1 is 0.714 bits per heavy atom.